The van der Waals surface area contributed by atoms with Crippen LogP contribution in [0.1, 0.15) is 34.6 Å². The average Bonchev–Trinajstić information content (AvgIpc) is 2.14. The number of hydroxylamine groups is 1. The second-order valence-corrected chi connectivity index (χ2v) is 5.44. The molecule has 5 nitrogen and oxygen atoms in total. The van der Waals surface area contributed by atoms with E-state index < -0.39 is 5.60 Å². The Balaban J connectivity index is 3.99. The van der Waals surface area contributed by atoms with Gasteiger partial charge in [0.25, 0.3) is 0 Å². The van der Waals surface area contributed by atoms with Crippen molar-refractivity contribution in [1.29, 1.82) is 0 Å². The monoisotopic (exact) mass is 246 g/mol. The van der Waals surface area contributed by atoms with E-state index in [1.807, 2.05) is 20.8 Å². The van der Waals surface area contributed by atoms with Gasteiger partial charge < -0.3 is 14.9 Å². The summed E-state index contributed by atoms with van der Waals surface area (Å²) in [7, 11) is 1.58. The number of hydrogen-bond donors (Lipinski definition) is 2. The van der Waals surface area contributed by atoms with Crippen LogP contribution in [0.2, 0.25) is 0 Å². The number of ether oxygens (including phenoxy) is 1. The molecule has 0 heterocycles. The fraction of sp³-hybridized carbons (Fsp3) is 0.917. The van der Waals surface area contributed by atoms with Crippen LogP contribution in [0.15, 0.2) is 0 Å². The van der Waals surface area contributed by atoms with Crippen LogP contribution in [0.5, 0.6) is 0 Å². The first-order valence-electron chi connectivity index (χ1n) is 5.99. The lowest BCUT2D eigenvalue weighted by molar-refractivity contribution is 0.0485. The summed E-state index contributed by atoms with van der Waals surface area (Å²) in [6.07, 6.45) is -0.374. The van der Waals surface area contributed by atoms with Gasteiger partial charge in [-0.2, -0.15) is 0 Å². The van der Waals surface area contributed by atoms with Crippen LogP contribution in [0.25, 0.3) is 0 Å². The minimum absolute atomic E-state index is 0.308. The SMILES string of the molecule is CONCC(CNC(=O)OC(C)(C)C)C(C)C. The van der Waals surface area contributed by atoms with Gasteiger partial charge in [-0.3, -0.25) is 0 Å². The minimum atomic E-state index is -0.456. The molecule has 0 aliphatic carbocycles. The summed E-state index contributed by atoms with van der Waals surface area (Å²) in [5.74, 6) is 0.759. The first kappa shape index (κ1) is 16.2. The second-order valence-electron chi connectivity index (χ2n) is 5.44. The summed E-state index contributed by atoms with van der Waals surface area (Å²) in [6.45, 7) is 11.0. The Kier molecular flexibility index (Phi) is 7.15. The van der Waals surface area contributed by atoms with Gasteiger partial charge in [-0.15, -0.1) is 0 Å². The predicted molar refractivity (Wildman–Crippen MR) is 67.6 cm³/mol. The van der Waals surface area contributed by atoms with Gasteiger partial charge in [-0.1, -0.05) is 13.8 Å². The van der Waals surface area contributed by atoms with Gasteiger partial charge >= 0.3 is 6.09 Å². The maximum Gasteiger partial charge on any atom is 0.407 e. The maximum atomic E-state index is 11.5. The lowest BCUT2D eigenvalue weighted by Gasteiger charge is -2.23. The highest BCUT2D eigenvalue weighted by atomic mass is 16.6. The molecule has 0 aromatic rings. The van der Waals surface area contributed by atoms with Gasteiger partial charge in [0.05, 0.1) is 7.11 Å². The molecule has 0 rings (SSSR count). The number of carbonyl (C=O) groups is 1. The van der Waals surface area contributed by atoms with E-state index in [1.165, 1.54) is 0 Å². The van der Waals surface area contributed by atoms with Crippen molar-refractivity contribution in [3.8, 4) is 0 Å². The van der Waals surface area contributed by atoms with E-state index in [0.717, 1.165) is 0 Å². The highest BCUT2D eigenvalue weighted by Gasteiger charge is 2.18. The van der Waals surface area contributed by atoms with Gasteiger partial charge in [-0.25, -0.2) is 10.3 Å². The molecule has 0 bridgehead atoms. The Morgan fingerprint density at radius 2 is 1.82 bits per heavy atom. The molecular weight excluding hydrogens is 220 g/mol. The number of alkyl carbamates (subject to hydrolysis) is 1. The number of carbonyl (C=O) groups excluding carboxylic acids is 1. The molecule has 1 amide bonds. The van der Waals surface area contributed by atoms with E-state index in [2.05, 4.69) is 24.6 Å². The van der Waals surface area contributed by atoms with Crippen molar-refractivity contribution in [3.63, 3.8) is 0 Å². The third-order valence-corrected chi connectivity index (χ3v) is 2.34. The zero-order valence-corrected chi connectivity index (χ0v) is 11.8. The fourth-order valence-corrected chi connectivity index (χ4v) is 1.26. The van der Waals surface area contributed by atoms with Crippen LogP contribution in [-0.4, -0.2) is 31.9 Å². The fourth-order valence-electron chi connectivity index (χ4n) is 1.26. The van der Waals surface area contributed by atoms with E-state index in [0.29, 0.717) is 24.9 Å². The summed E-state index contributed by atoms with van der Waals surface area (Å²) < 4.78 is 5.17. The number of rotatable bonds is 6. The van der Waals surface area contributed by atoms with E-state index in [4.69, 9.17) is 9.57 Å². The molecule has 0 saturated carbocycles. The minimum Gasteiger partial charge on any atom is -0.444 e. The lowest BCUT2D eigenvalue weighted by atomic mass is 9.96. The molecule has 0 aromatic heterocycles. The molecule has 1 atom stereocenters. The smallest absolute Gasteiger partial charge is 0.407 e. The molecule has 0 radical (unpaired) electrons. The van der Waals surface area contributed by atoms with Crippen LogP contribution in [0.3, 0.4) is 0 Å². The van der Waals surface area contributed by atoms with E-state index in [-0.39, 0.29) is 6.09 Å². The van der Waals surface area contributed by atoms with Crippen molar-refractivity contribution in [2.24, 2.45) is 11.8 Å². The van der Waals surface area contributed by atoms with Crippen LogP contribution in [0.4, 0.5) is 4.79 Å². The van der Waals surface area contributed by atoms with Crippen molar-refractivity contribution in [2.75, 3.05) is 20.2 Å². The molecule has 0 fully saturated rings. The topological polar surface area (TPSA) is 59.6 Å². The van der Waals surface area contributed by atoms with Crippen molar-refractivity contribution < 1.29 is 14.4 Å². The Labute approximate surface area is 104 Å². The molecule has 0 aromatic carbocycles. The normalized spacial score (nSPS) is 13.6. The summed E-state index contributed by atoms with van der Waals surface area (Å²) in [5.41, 5.74) is 2.35. The molecule has 0 aliphatic rings. The van der Waals surface area contributed by atoms with E-state index in [9.17, 15) is 4.79 Å². The van der Waals surface area contributed by atoms with E-state index in [1.54, 1.807) is 7.11 Å². The molecule has 0 saturated heterocycles. The van der Waals surface area contributed by atoms with Gasteiger partial charge in [-0.05, 0) is 32.6 Å². The van der Waals surface area contributed by atoms with Gasteiger partial charge in [0.2, 0.25) is 0 Å². The Morgan fingerprint density at radius 3 is 2.24 bits per heavy atom. The largest absolute Gasteiger partial charge is 0.444 e. The molecule has 1 unspecified atom stereocenters. The molecule has 2 N–H and O–H groups in total. The van der Waals surface area contributed by atoms with Crippen molar-refractivity contribution >= 4 is 6.09 Å². The molecular formula is C12H26N2O3. The maximum absolute atomic E-state index is 11.5. The van der Waals surface area contributed by atoms with Crippen LogP contribution in [-0.2, 0) is 9.57 Å². The zero-order valence-electron chi connectivity index (χ0n) is 11.8. The Bertz CT molecular complexity index is 224. The predicted octanol–water partition coefficient (Wildman–Crippen LogP) is 1.93. The standard InChI is InChI=1S/C12H26N2O3/c1-9(2)10(8-14-16-6)7-13-11(15)17-12(3,4)5/h9-10,14H,7-8H2,1-6H3,(H,13,15). The molecule has 102 valence electrons. The highest BCUT2D eigenvalue weighted by molar-refractivity contribution is 5.67. The Morgan fingerprint density at radius 1 is 1.24 bits per heavy atom. The second kappa shape index (κ2) is 7.50. The summed E-state index contributed by atoms with van der Waals surface area (Å²) in [6, 6.07) is 0. The van der Waals surface area contributed by atoms with Crippen molar-refractivity contribution in [2.45, 2.75) is 40.2 Å². The van der Waals surface area contributed by atoms with Crippen molar-refractivity contribution in [3.05, 3.63) is 0 Å². The number of amides is 1. The van der Waals surface area contributed by atoms with Crippen LogP contribution >= 0.6 is 0 Å². The highest BCUT2D eigenvalue weighted by Crippen LogP contribution is 2.10. The third kappa shape index (κ3) is 8.94. The third-order valence-electron chi connectivity index (χ3n) is 2.34. The van der Waals surface area contributed by atoms with Crippen LogP contribution < -0.4 is 10.8 Å². The lowest BCUT2D eigenvalue weighted by Crippen LogP contribution is -2.39. The summed E-state index contributed by atoms with van der Waals surface area (Å²) in [4.78, 5) is 16.3. The molecule has 5 heteroatoms. The molecule has 17 heavy (non-hydrogen) atoms. The van der Waals surface area contributed by atoms with Crippen LogP contribution in [0, 0.1) is 11.8 Å². The average molecular weight is 246 g/mol. The van der Waals surface area contributed by atoms with Gasteiger partial charge in [0.15, 0.2) is 0 Å². The van der Waals surface area contributed by atoms with E-state index >= 15 is 0 Å². The number of hydrogen-bond acceptors (Lipinski definition) is 4. The van der Waals surface area contributed by atoms with Gasteiger partial charge in [0.1, 0.15) is 5.60 Å². The molecule has 0 spiro atoms. The zero-order chi connectivity index (χ0) is 13.5. The van der Waals surface area contributed by atoms with Gasteiger partial charge in [0, 0.05) is 13.1 Å². The summed E-state index contributed by atoms with van der Waals surface area (Å²) >= 11 is 0. The summed E-state index contributed by atoms with van der Waals surface area (Å²) in [5, 5.41) is 2.77. The quantitative estimate of drug-likeness (QED) is 0.703. The Hall–Kier alpha value is -0.810. The van der Waals surface area contributed by atoms with Crippen molar-refractivity contribution in [1.82, 2.24) is 10.8 Å². The first-order valence-corrected chi connectivity index (χ1v) is 5.99. The first-order chi connectivity index (χ1) is 7.76. The number of nitrogens with one attached hydrogen (secondary N) is 2. The molecule has 0 aliphatic heterocycles.